The summed E-state index contributed by atoms with van der Waals surface area (Å²) in [7, 11) is 0. The molecule has 1 unspecified atom stereocenters. The summed E-state index contributed by atoms with van der Waals surface area (Å²) in [4.78, 5) is 5.59. The van der Waals surface area contributed by atoms with Crippen LogP contribution in [0.2, 0.25) is 0 Å². The summed E-state index contributed by atoms with van der Waals surface area (Å²) in [6.45, 7) is 4.96. The van der Waals surface area contributed by atoms with E-state index in [1.807, 2.05) is 13.1 Å². The van der Waals surface area contributed by atoms with Crippen molar-refractivity contribution in [3.05, 3.63) is 51.5 Å². The van der Waals surface area contributed by atoms with E-state index in [-0.39, 0.29) is 0 Å². The Hall–Kier alpha value is -1.23. The lowest BCUT2D eigenvalue weighted by atomic mass is 9.96. The minimum atomic E-state index is 0.531. The molecule has 0 saturated heterocycles. The Morgan fingerprint density at radius 1 is 1.37 bits per heavy atom. The molecule has 0 amide bonds. The van der Waals surface area contributed by atoms with Gasteiger partial charge in [0.15, 0.2) is 0 Å². The number of aryl methyl sites for hydroxylation is 1. The lowest BCUT2D eigenvalue weighted by molar-refractivity contribution is 0.448. The van der Waals surface area contributed by atoms with E-state index in [1.54, 1.807) is 11.3 Å². The second-order valence-corrected chi connectivity index (χ2v) is 6.35. The first-order valence-corrected chi connectivity index (χ1v) is 7.55. The van der Waals surface area contributed by atoms with Crippen LogP contribution in [-0.4, -0.2) is 17.6 Å². The van der Waals surface area contributed by atoms with Gasteiger partial charge in [0, 0.05) is 36.8 Å². The van der Waals surface area contributed by atoms with Crippen LogP contribution in [0.4, 0.5) is 0 Å². The van der Waals surface area contributed by atoms with Gasteiger partial charge >= 0.3 is 0 Å². The van der Waals surface area contributed by atoms with Gasteiger partial charge in [0.25, 0.3) is 0 Å². The van der Waals surface area contributed by atoms with Crippen molar-refractivity contribution in [3.63, 3.8) is 0 Å². The largest absolute Gasteiger partial charge is 0.310 e. The van der Waals surface area contributed by atoms with E-state index in [0.717, 1.165) is 31.1 Å². The minimum Gasteiger partial charge on any atom is -0.310 e. The van der Waals surface area contributed by atoms with Gasteiger partial charge < -0.3 is 10.6 Å². The maximum atomic E-state index is 4.27. The third kappa shape index (κ3) is 3.21. The molecular formula is C15H19N3S. The highest BCUT2D eigenvalue weighted by molar-refractivity contribution is 7.11. The third-order valence-electron chi connectivity index (χ3n) is 3.53. The zero-order valence-electron chi connectivity index (χ0n) is 11.1. The maximum absolute atomic E-state index is 4.27. The van der Waals surface area contributed by atoms with Gasteiger partial charge in [0.05, 0.1) is 5.01 Å². The molecule has 1 aliphatic heterocycles. The third-order valence-corrected chi connectivity index (χ3v) is 4.44. The van der Waals surface area contributed by atoms with Crippen molar-refractivity contribution in [2.75, 3.05) is 6.54 Å². The van der Waals surface area contributed by atoms with Crippen LogP contribution in [0.5, 0.6) is 0 Å². The second-order valence-electron chi connectivity index (χ2n) is 5.03. The van der Waals surface area contributed by atoms with Crippen molar-refractivity contribution in [3.8, 4) is 0 Å². The first-order chi connectivity index (χ1) is 9.31. The highest BCUT2D eigenvalue weighted by atomic mass is 32.1. The summed E-state index contributed by atoms with van der Waals surface area (Å²) in [6, 6.07) is 9.24. The fourth-order valence-electron chi connectivity index (χ4n) is 2.52. The maximum Gasteiger partial charge on any atom is 0.0897 e. The molecule has 0 radical (unpaired) electrons. The topological polar surface area (TPSA) is 37.0 Å². The fourth-order valence-corrected chi connectivity index (χ4v) is 3.29. The van der Waals surface area contributed by atoms with Crippen LogP contribution < -0.4 is 10.6 Å². The molecule has 3 rings (SSSR count). The molecule has 0 fully saturated rings. The SMILES string of the molecule is Cc1ncc(CNCC2Cc3ccccc3CN2)s1. The van der Waals surface area contributed by atoms with Gasteiger partial charge in [0.1, 0.15) is 0 Å². The smallest absolute Gasteiger partial charge is 0.0897 e. The van der Waals surface area contributed by atoms with Crippen LogP contribution in [0.3, 0.4) is 0 Å². The average molecular weight is 273 g/mol. The molecular weight excluding hydrogens is 254 g/mol. The second kappa shape index (κ2) is 5.82. The standard InChI is InChI=1S/C15H19N3S/c1-11-17-10-15(19-11)9-16-8-14-6-12-4-2-3-5-13(12)7-18-14/h2-5,10,14,16,18H,6-9H2,1H3. The number of thiazole rings is 1. The summed E-state index contributed by atoms with van der Waals surface area (Å²) in [5.74, 6) is 0. The average Bonchev–Trinajstić information content (AvgIpc) is 2.84. The Labute approximate surface area is 118 Å². The summed E-state index contributed by atoms with van der Waals surface area (Å²) in [5, 5.41) is 8.26. The van der Waals surface area contributed by atoms with Crippen molar-refractivity contribution >= 4 is 11.3 Å². The van der Waals surface area contributed by atoms with E-state index in [9.17, 15) is 0 Å². The number of hydrogen-bond donors (Lipinski definition) is 2. The Morgan fingerprint density at radius 3 is 3.00 bits per heavy atom. The first kappa shape index (κ1) is 12.8. The first-order valence-electron chi connectivity index (χ1n) is 6.73. The molecule has 1 aromatic carbocycles. The fraction of sp³-hybridized carbons (Fsp3) is 0.400. The molecule has 0 aliphatic carbocycles. The Balaban J connectivity index is 1.50. The van der Waals surface area contributed by atoms with E-state index < -0.39 is 0 Å². The molecule has 0 spiro atoms. The van der Waals surface area contributed by atoms with E-state index >= 15 is 0 Å². The predicted molar refractivity (Wildman–Crippen MR) is 79.3 cm³/mol. The Kier molecular flexibility index (Phi) is 3.92. The molecule has 2 aromatic rings. The number of benzene rings is 1. The van der Waals surface area contributed by atoms with Crippen molar-refractivity contribution in [2.45, 2.75) is 32.5 Å². The predicted octanol–water partition coefficient (Wildman–Crippen LogP) is 2.26. The molecule has 2 heterocycles. The normalized spacial score (nSPS) is 18.3. The van der Waals surface area contributed by atoms with Gasteiger partial charge in [-0.3, -0.25) is 0 Å². The monoisotopic (exact) mass is 273 g/mol. The quantitative estimate of drug-likeness (QED) is 0.897. The van der Waals surface area contributed by atoms with Crippen LogP contribution in [-0.2, 0) is 19.5 Å². The summed E-state index contributed by atoms with van der Waals surface area (Å²) < 4.78 is 0. The number of nitrogens with zero attached hydrogens (tertiary/aromatic N) is 1. The van der Waals surface area contributed by atoms with Crippen molar-refractivity contribution in [1.29, 1.82) is 0 Å². The molecule has 1 atom stereocenters. The molecule has 4 heteroatoms. The van der Waals surface area contributed by atoms with Crippen molar-refractivity contribution < 1.29 is 0 Å². The van der Waals surface area contributed by atoms with Gasteiger partial charge in [-0.25, -0.2) is 4.98 Å². The summed E-state index contributed by atoms with van der Waals surface area (Å²) >= 11 is 1.77. The molecule has 0 bridgehead atoms. The molecule has 19 heavy (non-hydrogen) atoms. The highest BCUT2D eigenvalue weighted by Crippen LogP contribution is 2.16. The molecule has 3 nitrogen and oxygen atoms in total. The number of nitrogens with one attached hydrogen (secondary N) is 2. The van der Waals surface area contributed by atoms with E-state index in [1.165, 1.54) is 16.0 Å². The molecule has 0 saturated carbocycles. The minimum absolute atomic E-state index is 0.531. The number of rotatable bonds is 4. The number of fused-ring (bicyclic) bond motifs is 1. The van der Waals surface area contributed by atoms with E-state index in [2.05, 4.69) is 39.9 Å². The molecule has 2 N–H and O–H groups in total. The molecule has 1 aliphatic rings. The lowest BCUT2D eigenvalue weighted by Crippen LogP contribution is -2.42. The number of hydrogen-bond acceptors (Lipinski definition) is 4. The highest BCUT2D eigenvalue weighted by Gasteiger charge is 2.16. The van der Waals surface area contributed by atoms with Crippen LogP contribution >= 0.6 is 11.3 Å². The van der Waals surface area contributed by atoms with Gasteiger partial charge in [0.2, 0.25) is 0 Å². The Morgan fingerprint density at radius 2 is 2.21 bits per heavy atom. The summed E-state index contributed by atoms with van der Waals surface area (Å²) in [6.07, 6.45) is 3.08. The Bertz CT molecular complexity index is 550. The summed E-state index contributed by atoms with van der Waals surface area (Å²) in [5.41, 5.74) is 2.93. The van der Waals surface area contributed by atoms with Crippen LogP contribution in [0.25, 0.3) is 0 Å². The van der Waals surface area contributed by atoms with Gasteiger partial charge in [-0.15, -0.1) is 11.3 Å². The molecule has 100 valence electrons. The van der Waals surface area contributed by atoms with Crippen LogP contribution in [0.1, 0.15) is 21.0 Å². The zero-order chi connectivity index (χ0) is 13.1. The van der Waals surface area contributed by atoms with Gasteiger partial charge in [-0.2, -0.15) is 0 Å². The van der Waals surface area contributed by atoms with Crippen molar-refractivity contribution in [2.24, 2.45) is 0 Å². The van der Waals surface area contributed by atoms with E-state index in [0.29, 0.717) is 6.04 Å². The van der Waals surface area contributed by atoms with Gasteiger partial charge in [-0.05, 0) is 24.5 Å². The lowest BCUT2D eigenvalue weighted by Gasteiger charge is -2.26. The number of aromatic nitrogens is 1. The zero-order valence-corrected chi connectivity index (χ0v) is 12.0. The van der Waals surface area contributed by atoms with Gasteiger partial charge in [-0.1, -0.05) is 24.3 Å². The van der Waals surface area contributed by atoms with Crippen LogP contribution in [0, 0.1) is 6.92 Å². The molecule has 1 aromatic heterocycles. The van der Waals surface area contributed by atoms with E-state index in [4.69, 9.17) is 0 Å². The van der Waals surface area contributed by atoms with Crippen LogP contribution in [0.15, 0.2) is 30.5 Å². The van der Waals surface area contributed by atoms with Crippen molar-refractivity contribution in [1.82, 2.24) is 15.6 Å².